The van der Waals surface area contributed by atoms with E-state index in [4.69, 9.17) is 13.9 Å². The highest BCUT2D eigenvalue weighted by atomic mass is 32.2. The van der Waals surface area contributed by atoms with Crippen LogP contribution in [0, 0.1) is 11.2 Å². The molecule has 1 aromatic heterocycles. The van der Waals surface area contributed by atoms with E-state index in [9.17, 15) is 14.0 Å². The Morgan fingerprint density at radius 2 is 1.84 bits per heavy atom. The van der Waals surface area contributed by atoms with Gasteiger partial charge in [0.25, 0.3) is 5.24 Å². The molecule has 37 heavy (non-hydrogen) atoms. The molecule has 198 valence electrons. The molecule has 0 radical (unpaired) electrons. The van der Waals surface area contributed by atoms with Gasteiger partial charge in [-0.2, -0.15) is 0 Å². The van der Waals surface area contributed by atoms with Crippen molar-refractivity contribution < 1.29 is 27.9 Å². The van der Waals surface area contributed by atoms with Gasteiger partial charge in [0.2, 0.25) is 5.91 Å². The first kappa shape index (κ1) is 27.0. The van der Waals surface area contributed by atoms with Crippen molar-refractivity contribution in [2.45, 2.75) is 65.0 Å². The van der Waals surface area contributed by atoms with E-state index in [1.165, 1.54) is 23.8 Å². The summed E-state index contributed by atoms with van der Waals surface area (Å²) in [6, 6.07) is 8.42. The van der Waals surface area contributed by atoms with Crippen molar-refractivity contribution in [3.05, 3.63) is 59.1 Å². The summed E-state index contributed by atoms with van der Waals surface area (Å²) in [6.07, 6.45) is 6.23. The largest absolute Gasteiger partial charge is 0.494 e. The van der Waals surface area contributed by atoms with E-state index in [0.717, 1.165) is 66.1 Å². The Morgan fingerprint density at radius 1 is 1.08 bits per heavy atom. The van der Waals surface area contributed by atoms with E-state index in [-0.39, 0.29) is 11.0 Å². The number of ether oxygens (including phenoxy) is 2. The molecule has 1 N–H and O–H groups in total. The molecule has 8 heteroatoms. The molecule has 3 aromatic rings. The molecule has 4 rings (SSSR count). The van der Waals surface area contributed by atoms with Gasteiger partial charge >= 0.3 is 0 Å². The summed E-state index contributed by atoms with van der Waals surface area (Å²) < 4.78 is 32.2. The van der Waals surface area contributed by atoms with E-state index < -0.39 is 22.2 Å². The van der Waals surface area contributed by atoms with Crippen LogP contribution in [0.2, 0.25) is 0 Å². The zero-order valence-corrected chi connectivity index (χ0v) is 22.6. The third kappa shape index (κ3) is 6.66. The number of hydrogen-bond donors (Lipinski definition) is 1. The minimum absolute atomic E-state index is 0.150. The molecule has 1 aliphatic rings. The van der Waals surface area contributed by atoms with Gasteiger partial charge < -0.3 is 13.9 Å². The summed E-state index contributed by atoms with van der Waals surface area (Å²) in [5.41, 5.74) is 3.59. The summed E-state index contributed by atoms with van der Waals surface area (Å²) in [5.74, 6) is 0.274. The standard InChI is InChI=1S/C29H34FNO5S/c1-5-8-21-24(12-10-20-18(16-29(2,3)4)17-36-25(20)21)35-14-7-6-13-34-19-9-11-23(30)22(15-19)26-27(32)31-28(33)37-26/h9-12,15,17,26H,5-8,13-14,16H2,1-4H3,(H,31,32,33). The van der Waals surface area contributed by atoms with Crippen LogP contribution in [0.4, 0.5) is 9.18 Å². The molecule has 1 unspecified atom stereocenters. The number of benzene rings is 2. The number of carbonyl (C=O) groups excluding carboxylic acids is 2. The minimum Gasteiger partial charge on any atom is -0.494 e. The third-order valence-electron chi connectivity index (χ3n) is 6.11. The number of fused-ring (bicyclic) bond motifs is 1. The molecular formula is C29H34FNO5S. The normalized spacial score (nSPS) is 15.9. The lowest BCUT2D eigenvalue weighted by Crippen LogP contribution is -2.21. The number of halogens is 1. The predicted molar refractivity (Wildman–Crippen MR) is 144 cm³/mol. The topological polar surface area (TPSA) is 77.8 Å². The van der Waals surface area contributed by atoms with Crippen LogP contribution in [0.3, 0.4) is 0 Å². The van der Waals surface area contributed by atoms with Crippen molar-refractivity contribution in [3.8, 4) is 11.5 Å². The summed E-state index contributed by atoms with van der Waals surface area (Å²) in [4.78, 5) is 23.4. The Kier molecular flexibility index (Phi) is 8.47. The second kappa shape index (κ2) is 11.6. The fourth-order valence-electron chi connectivity index (χ4n) is 4.47. The van der Waals surface area contributed by atoms with Crippen LogP contribution in [-0.4, -0.2) is 24.4 Å². The molecule has 2 aromatic carbocycles. The van der Waals surface area contributed by atoms with Gasteiger partial charge in [-0.1, -0.05) is 34.1 Å². The number of nitrogens with one attached hydrogen (secondary N) is 1. The van der Waals surface area contributed by atoms with Gasteiger partial charge in [0.1, 0.15) is 28.1 Å². The molecule has 0 bridgehead atoms. The van der Waals surface area contributed by atoms with Gasteiger partial charge in [0, 0.05) is 16.5 Å². The van der Waals surface area contributed by atoms with Crippen LogP contribution in [-0.2, 0) is 17.6 Å². The van der Waals surface area contributed by atoms with Crippen LogP contribution in [0.5, 0.6) is 11.5 Å². The third-order valence-corrected chi connectivity index (χ3v) is 7.13. The lowest BCUT2D eigenvalue weighted by Gasteiger charge is -2.17. The summed E-state index contributed by atoms with van der Waals surface area (Å²) in [5, 5.41) is 1.98. The summed E-state index contributed by atoms with van der Waals surface area (Å²) in [7, 11) is 0. The van der Waals surface area contributed by atoms with Crippen molar-refractivity contribution in [3.63, 3.8) is 0 Å². The van der Waals surface area contributed by atoms with E-state index in [0.29, 0.717) is 19.0 Å². The van der Waals surface area contributed by atoms with Gasteiger partial charge in [0.05, 0.1) is 19.5 Å². The second-order valence-corrected chi connectivity index (χ2v) is 11.6. The number of amides is 2. The Morgan fingerprint density at radius 3 is 2.51 bits per heavy atom. The monoisotopic (exact) mass is 527 g/mol. The summed E-state index contributed by atoms with van der Waals surface area (Å²) >= 11 is 0.773. The Balaban J connectivity index is 1.31. The highest BCUT2D eigenvalue weighted by Gasteiger charge is 2.35. The zero-order valence-electron chi connectivity index (χ0n) is 21.8. The number of unbranched alkanes of at least 4 members (excludes halogenated alkanes) is 1. The number of hydrogen-bond acceptors (Lipinski definition) is 6. The number of thioether (sulfide) groups is 1. The molecule has 2 heterocycles. The van der Waals surface area contributed by atoms with Gasteiger partial charge in [0.15, 0.2) is 0 Å². The fourth-order valence-corrected chi connectivity index (χ4v) is 5.32. The number of rotatable bonds is 11. The van der Waals surface area contributed by atoms with Crippen LogP contribution in [0.25, 0.3) is 11.0 Å². The average molecular weight is 528 g/mol. The summed E-state index contributed by atoms with van der Waals surface area (Å²) in [6.45, 7) is 9.79. The van der Waals surface area contributed by atoms with Crippen molar-refractivity contribution in [1.29, 1.82) is 0 Å². The molecule has 1 atom stereocenters. The lowest BCUT2D eigenvalue weighted by atomic mass is 9.88. The maximum Gasteiger partial charge on any atom is 0.286 e. The first-order valence-corrected chi connectivity index (χ1v) is 13.6. The number of imide groups is 1. The quantitative estimate of drug-likeness (QED) is 0.262. The molecule has 2 amide bonds. The van der Waals surface area contributed by atoms with Gasteiger partial charge in [-0.05, 0) is 78.8 Å². The number of furan rings is 1. The van der Waals surface area contributed by atoms with E-state index in [1.807, 2.05) is 12.3 Å². The smallest absolute Gasteiger partial charge is 0.286 e. The Labute approximate surface area is 221 Å². The maximum absolute atomic E-state index is 14.2. The number of aryl methyl sites for hydroxylation is 1. The molecule has 0 aliphatic carbocycles. The lowest BCUT2D eigenvalue weighted by molar-refractivity contribution is -0.119. The zero-order chi connectivity index (χ0) is 26.6. The van der Waals surface area contributed by atoms with E-state index in [2.05, 4.69) is 39.1 Å². The average Bonchev–Trinajstić information content (AvgIpc) is 3.39. The van der Waals surface area contributed by atoms with Crippen molar-refractivity contribution in [1.82, 2.24) is 5.32 Å². The highest BCUT2D eigenvalue weighted by Crippen LogP contribution is 2.37. The molecule has 6 nitrogen and oxygen atoms in total. The second-order valence-electron chi connectivity index (χ2n) is 10.5. The minimum atomic E-state index is -0.891. The Bertz CT molecular complexity index is 1280. The SMILES string of the molecule is CCCc1c(OCCCCOc2ccc(F)c(C3SC(=O)NC3=O)c2)ccc2c(CC(C)(C)C)coc12. The molecule has 0 spiro atoms. The molecular weight excluding hydrogens is 493 g/mol. The van der Waals surface area contributed by atoms with Crippen molar-refractivity contribution in [2.24, 2.45) is 5.41 Å². The van der Waals surface area contributed by atoms with Crippen LogP contribution in [0.15, 0.2) is 41.0 Å². The Hall–Kier alpha value is -3.00. The number of carbonyl (C=O) groups is 2. The molecule has 0 saturated carbocycles. The van der Waals surface area contributed by atoms with Crippen LogP contribution < -0.4 is 14.8 Å². The molecule has 1 aliphatic heterocycles. The first-order valence-electron chi connectivity index (χ1n) is 12.7. The van der Waals surface area contributed by atoms with Crippen LogP contribution in [0.1, 0.15) is 68.9 Å². The fraction of sp³-hybridized carbons (Fsp3) is 0.448. The van der Waals surface area contributed by atoms with Gasteiger partial charge in [-0.3, -0.25) is 14.9 Å². The van der Waals surface area contributed by atoms with Crippen molar-refractivity contribution in [2.75, 3.05) is 13.2 Å². The first-order chi connectivity index (χ1) is 17.7. The molecule has 1 saturated heterocycles. The van der Waals surface area contributed by atoms with E-state index in [1.54, 1.807) is 0 Å². The highest BCUT2D eigenvalue weighted by molar-refractivity contribution is 8.15. The van der Waals surface area contributed by atoms with E-state index >= 15 is 0 Å². The van der Waals surface area contributed by atoms with Crippen molar-refractivity contribution >= 4 is 33.9 Å². The predicted octanol–water partition coefficient (Wildman–Crippen LogP) is 7.38. The van der Waals surface area contributed by atoms with Gasteiger partial charge in [-0.25, -0.2) is 4.39 Å². The van der Waals surface area contributed by atoms with Crippen LogP contribution >= 0.6 is 11.8 Å². The molecule has 1 fully saturated rings. The maximum atomic E-state index is 14.2. The van der Waals surface area contributed by atoms with Gasteiger partial charge in [-0.15, -0.1) is 0 Å².